The minimum Gasteiger partial charge on any atom is -0.474 e. The van der Waals surface area contributed by atoms with E-state index in [1.165, 1.54) is 4.90 Å². The van der Waals surface area contributed by atoms with Crippen molar-refractivity contribution in [1.29, 1.82) is 0 Å². The number of pyridine rings is 1. The molecule has 298 valence electrons. The van der Waals surface area contributed by atoms with Crippen LogP contribution in [0.3, 0.4) is 0 Å². The molecule has 2 aromatic heterocycles. The normalized spacial score (nSPS) is 22.4. The zero-order valence-corrected chi connectivity index (χ0v) is 31.4. The van der Waals surface area contributed by atoms with Crippen LogP contribution in [-0.2, 0) is 28.4 Å². The Labute approximate surface area is 322 Å². The molecular weight excluding hydrogens is 776 g/mol. The predicted octanol–water partition coefficient (Wildman–Crippen LogP) is 6.32. The highest BCUT2D eigenvalue weighted by Gasteiger charge is 2.58. The maximum atomic E-state index is 15.5. The minimum atomic E-state index is -4.94. The van der Waals surface area contributed by atoms with Crippen LogP contribution in [0.1, 0.15) is 70.7 Å². The quantitative estimate of drug-likeness (QED) is 0.252. The van der Waals surface area contributed by atoms with Crippen molar-refractivity contribution in [3.05, 3.63) is 80.3 Å². The Morgan fingerprint density at radius 1 is 1.00 bits per heavy atom. The number of carbonyl (C=O) groups is 3. The van der Waals surface area contributed by atoms with E-state index < -0.39 is 63.9 Å². The number of likely N-dealkylation sites (tertiary alicyclic amines) is 1. The predicted molar refractivity (Wildman–Crippen MR) is 191 cm³/mol. The van der Waals surface area contributed by atoms with E-state index in [1.54, 1.807) is 30.0 Å². The Bertz CT molecular complexity index is 1890. The van der Waals surface area contributed by atoms with Gasteiger partial charge in [0.1, 0.15) is 22.4 Å². The second kappa shape index (κ2) is 16.3. The number of hydrogen-bond acceptors (Lipinski definition) is 8. The molecule has 0 aliphatic carbocycles. The molecule has 1 N–H and O–H groups in total. The monoisotopic (exact) mass is 815 g/mol. The van der Waals surface area contributed by atoms with Crippen LogP contribution in [0, 0.1) is 0 Å². The number of hydrogen-bond donors (Lipinski definition) is 1. The zero-order valence-electron chi connectivity index (χ0n) is 29.8. The fourth-order valence-electron chi connectivity index (χ4n) is 7.91. The first-order chi connectivity index (χ1) is 26.1. The molecule has 6 rings (SSSR count). The third-order valence-corrected chi connectivity index (χ3v) is 11.6. The summed E-state index contributed by atoms with van der Waals surface area (Å²) in [6, 6.07) is 5.01. The largest absolute Gasteiger partial charge is 0.474 e. The van der Waals surface area contributed by atoms with Crippen LogP contribution in [0.4, 0.5) is 26.3 Å². The van der Waals surface area contributed by atoms with Gasteiger partial charge in [0.2, 0.25) is 11.5 Å². The van der Waals surface area contributed by atoms with Crippen LogP contribution < -0.4 is 4.74 Å². The second-order valence-corrected chi connectivity index (χ2v) is 15.2. The van der Waals surface area contributed by atoms with Gasteiger partial charge in [0.15, 0.2) is 0 Å². The van der Waals surface area contributed by atoms with Crippen molar-refractivity contribution in [1.82, 2.24) is 24.6 Å². The van der Waals surface area contributed by atoms with Crippen molar-refractivity contribution in [2.45, 2.75) is 69.1 Å². The number of aliphatic hydroxyl groups excluding tert-OH is 1. The number of amides is 3. The number of β-amino-alcohol motifs (C(OH)–C–C–N with tert-alkyl or cyclic N) is 1. The van der Waals surface area contributed by atoms with E-state index in [9.17, 15) is 41.0 Å². The average Bonchev–Trinajstić information content (AvgIpc) is 3.63. The Hall–Kier alpha value is -3.93. The summed E-state index contributed by atoms with van der Waals surface area (Å²) in [6.07, 6.45) is -8.11. The van der Waals surface area contributed by atoms with Gasteiger partial charge < -0.3 is 24.5 Å². The van der Waals surface area contributed by atoms with Gasteiger partial charge in [-0.1, -0.05) is 31.0 Å². The first kappa shape index (κ1) is 40.7. The zero-order chi connectivity index (χ0) is 39.7. The number of benzene rings is 1. The number of halogens is 7. The summed E-state index contributed by atoms with van der Waals surface area (Å²) in [5.41, 5.74) is -3.06. The van der Waals surface area contributed by atoms with Gasteiger partial charge in [0.25, 0.3) is 11.8 Å². The second-order valence-electron chi connectivity index (χ2n) is 13.8. The molecule has 0 bridgehead atoms. The molecule has 0 spiro atoms. The lowest BCUT2D eigenvalue weighted by molar-refractivity contribution is -0.166. The highest BCUT2D eigenvalue weighted by atomic mass is 35.5. The van der Waals surface area contributed by atoms with Crippen LogP contribution in [0.25, 0.3) is 0 Å². The van der Waals surface area contributed by atoms with E-state index >= 15 is 4.79 Å². The molecular formula is C37H40ClF6N5O5S. The SMILES string of the molecule is CCC[C@H]1N(C(=O)c2ncccc2C(F)(F)F)CCC[C@]1(Oc1csc(C(F)(F)F)c1)C(=O)N1CCc2cc(Cl)ccc2C1C(=O)N1CCN(CCO)CC1. The molecule has 3 aromatic rings. The third kappa shape index (κ3) is 8.30. The van der Waals surface area contributed by atoms with Crippen LogP contribution in [0.5, 0.6) is 5.75 Å². The van der Waals surface area contributed by atoms with E-state index in [4.69, 9.17) is 16.3 Å². The number of nitrogens with zero attached hydrogens (tertiary/aromatic N) is 5. The number of carbonyl (C=O) groups excluding carboxylic acids is 3. The van der Waals surface area contributed by atoms with E-state index in [1.807, 2.05) is 4.90 Å². The molecule has 0 saturated carbocycles. The first-order valence-electron chi connectivity index (χ1n) is 18.0. The van der Waals surface area contributed by atoms with E-state index in [0.29, 0.717) is 61.1 Å². The summed E-state index contributed by atoms with van der Waals surface area (Å²) < 4.78 is 90.4. The number of aliphatic hydroxyl groups is 1. The maximum absolute atomic E-state index is 15.5. The van der Waals surface area contributed by atoms with Gasteiger partial charge in [-0.2, -0.15) is 26.3 Å². The van der Waals surface area contributed by atoms with Crippen LogP contribution in [0.15, 0.2) is 48.0 Å². The molecule has 55 heavy (non-hydrogen) atoms. The fraction of sp³-hybridized carbons (Fsp3) is 0.514. The van der Waals surface area contributed by atoms with Crippen molar-refractivity contribution in [3.8, 4) is 5.75 Å². The molecule has 1 aromatic carbocycles. The summed E-state index contributed by atoms with van der Waals surface area (Å²) in [4.78, 5) is 53.2. The maximum Gasteiger partial charge on any atom is 0.425 e. The summed E-state index contributed by atoms with van der Waals surface area (Å²) in [6.45, 7) is 3.52. The number of aromatic nitrogens is 1. The fourth-order valence-corrected chi connectivity index (χ4v) is 8.78. The van der Waals surface area contributed by atoms with E-state index in [-0.39, 0.29) is 51.1 Å². The number of thiophene rings is 1. The standard InChI is InChI=1S/C37H40ClF6N5O5S/c1-2-5-28-35(54-25-21-29(55-22-25)37(42,43)44,10-4-12-48(28)32(51)30-27(36(39,40)41)6-3-11-45-30)34(53)49-13-9-23-20-24(38)7-8-26(23)31(49)33(52)47-16-14-46(15-17-47)18-19-50/h3,6-8,11,20-22,28,31,50H,2,4-5,9-10,12-19H2,1H3/t28-,31?,35-/m1/s1. The number of piperazine rings is 1. The summed E-state index contributed by atoms with van der Waals surface area (Å²) in [7, 11) is 0. The van der Waals surface area contributed by atoms with E-state index in [2.05, 4.69) is 4.98 Å². The molecule has 2 saturated heterocycles. The minimum absolute atomic E-state index is 0.0212. The number of alkyl halides is 6. The lowest BCUT2D eigenvalue weighted by Crippen LogP contribution is -2.69. The van der Waals surface area contributed by atoms with Crippen LogP contribution in [0.2, 0.25) is 5.02 Å². The lowest BCUT2D eigenvalue weighted by Gasteiger charge is -2.51. The first-order valence-corrected chi connectivity index (χ1v) is 19.2. The third-order valence-electron chi connectivity index (χ3n) is 10.4. The van der Waals surface area contributed by atoms with Crippen molar-refractivity contribution in [2.75, 3.05) is 52.4 Å². The molecule has 3 aliphatic heterocycles. The molecule has 3 amide bonds. The summed E-state index contributed by atoms with van der Waals surface area (Å²) in [5.74, 6) is -2.61. The Kier molecular flexibility index (Phi) is 12.1. The highest BCUT2D eigenvalue weighted by Crippen LogP contribution is 2.44. The molecule has 2 fully saturated rings. The number of ether oxygens (including phenoxy) is 1. The molecule has 3 aliphatic rings. The number of fused-ring (bicyclic) bond motifs is 1. The van der Waals surface area contributed by atoms with Gasteiger partial charge in [0.05, 0.1) is 18.2 Å². The number of piperidine rings is 1. The van der Waals surface area contributed by atoms with Gasteiger partial charge in [-0.05, 0) is 54.7 Å². The lowest BCUT2D eigenvalue weighted by atomic mass is 9.78. The van der Waals surface area contributed by atoms with Crippen molar-refractivity contribution in [3.63, 3.8) is 0 Å². The topological polar surface area (TPSA) is 107 Å². The highest BCUT2D eigenvalue weighted by molar-refractivity contribution is 7.10. The smallest absolute Gasteiger partial charge is 0.425 e. The van der Waals surface area contributed by atoms with Crippen LogP contribution >= 0.6 is 22.9 Å². The van der Waals surface area contributed by atoms with Crippen molar-refractivity contribution in [2.24, 2.45) is 0 Å². The average molecular weight is 816 g/mol. The van der Waals surface area contributed by atoms with Gasteiger partial charge in [-0.3, -0.25) is 24.3 Å². The molecule has 18 heteroatoms. The van der Waals surface area contributed by atoms with Crippen LogP contribution in [-0.4, -0.2) is 111 Å². The Morgan fingerprint density at radius 2 is 1.75 bits per heavy atom. The van der Waals surface area contributed by atoms with Crippen molar-refractivity contribution >= 4 is 40.7 Å². The molecule has 3 atom stereocenters. The van der Waals surface area contributed by atoms with Gasteiger partial charge >= 0.3 is 12.4 Å². The molecule has 0 radical (unpaired) electrons. The number of rotatable bonds is 9. The van der Waals surface area contributed by atoms with Crippen molar-refractivity contribution < 1.29 is 50.6 Å². The molecule has 10 nitrogen and oxygen atoms in total. The van der Waals surface area contributed by atoms with E-state index in [0.717, 1.165) is 40.2 Å². The Balaban J connectivity index is 1.46. The Morgan fingerprint density at radius 3 is 2.40 bits per heavy atom. The molecule has 1 unspecified atom stereocenters. The summed E-state index contributed by atoms with van der Waals surface area (Å²) in [5, 5.41) is 10.9. The van der Waals surface area contributed by atoms with Gasteiger partial charge in [0, 0.05) is 74.9 Å². The van der Waals surface area contributed by atoms with Gasteiger partial charge in [-0.25, -0.2) is 0 Å². The molecule has 5 heterocycles. The summed E-state index contributed by atoms with van der Waals surface area (Å²) >= 11 is 6.69. The van der Waals surface area contributed by atoms with Gasteiger partial charge in [-0.15, -0.1) is 11.3 Å².